The van der Waals surface area contributed by atoms with Gasteiger partial charge in [-0.15, -0.1) is 0 Å². The van der Waals surface area contributed by atoms with E-state index < -0.39 is 13.4 Å². The first-order chi connectivity index (χ1) is 2.24. The Balaban J connectivity index is 3.73. The van der Waals surface area contributed by atoms with E-state index in [4.69, 9.17) is 0 Å². The van der Waals surface area contributed by atoms with Crippen LogP contribution in [0.25, 0.3) is 0 Å². The van der Waals surface area contributed by atoms with Crippen molar-refractivity contribution in [1.82, 2.24) is 0 Å². The van der Waals surface area contributed by atoms with Gasteiger partial charge in [-0.05, 0) is 0 Å². The third-order valence-corrected chi connectivity index (χ3v) is 0. The Bertz CT molecular complexity index is 42.0. The Morgan fingerprint density at radius 1 is 1.00 bits per heavy atom. The van der Waals surface area contributed by atoms with Crippen LogP contribution in [-0.2, 0) is 0 Å². The van der Waals surface area contributed by atoms with Gasteiger partial charge in [0.2, 0.25) is 0 Å². The quantitative estimate of drug-likeness (QED) is 0.474. The predicted molar refractivity (Wildman–Crippen MR) is 25.6 cm³/mol. The minimum absolute atomic E-state index is 1.05. The summed E-state index contributed by atoms with van der Waals surface area (Å²) in [5, 5.41) is 0. The molecule has 0 saturated heterocycles. The van der Waals surface area contributed by atoms with Crippen LogP contribution in [0.2, 0.25) is 17.1 Å². The van der Waals surface area contributed by atoms with E-state index in [9.17, 15) is 6.93 Å². The summed E-state index contributed by atoms with van der Waals surface area (Å²) in [4.78, 5) is 0. The molecule has 0 rings (SSSR count). The van der Waals surface area contributed by atoms with Gasteiger partial charge in [-0.2, -0.15) is 0 Å². The van der Waals surface area contributed by atoms with Crippen molar-refractivity contribution in [1.29, 1.82) is 0 Å². The Morgan fingerprint density at radius 2 is 1.00 bits per heavy atom. The van der Waals surface area contributed by atoms with Gasteiger partial charge >= 0.3 is 37.5 Å². The maximum absolute atomic E-state index is 11.9. The summed E-state index contributed by atoms with van der Waals surface area (Å²) in [7, 11) is 0. The van der Waals surface area contributed by atoms with Crippen LogP contribution in [0.5, 0.6) is 0 Å². The van der Waals surface area contributed by atoms with Crippen LogP contribution in [-0.4, -0.2) is 13.4 Å². The Kier molecular flexibility index (Phi) is 1.04. The molecule has 3 heteroatoms. The van der Waals surface area contributed by atoms with E-state index >= 15 is 0 Å². The summed E-state index contributed by atoms with van der Waals surface area (Å²) in [5.41, 5.74) is 3.16. The molecule has 0 aromatic carbocycles. The number of halogens is 2. The molecule has 0 heterocycles. The molecule has 0 aliphatic heterocycles. The molecule has 0 spiro atoms. The molecule has 0 N–H and O–H groups in total. The fourth-order valence-corrected chi connectivity index (χ4v) is 0. The first kappa shape index (κ1) is 6.42. The third-order valence-electron chi connectivity index (χ3n) is 0. The SMILES string of the molecule is C[As](C)(C)(F)F. The summed E-state index contributed by atoms with van der Waals surface area (Å²) in [6.07, 6.45) is 0. The second-order valence-corrected chi connectivity index (χ2v) is 12.6. The van der Waals surface area contributed by atoms with Crippen molar-refractivity contribution in [3.63, 3.8) is 0 Å². The Hall–Kier alpha value is 0.418. The van der Waals surface area contributed by atoms with Gasteiger partial charge in [0.15, 0.2) is 0 Å². The topological polar surface area (TPSA) is 0 Å². The summed E-state index contributed by atoms with van der Waals surface area (Å²) in [5.74, 6) is 0. The van der Waals surface area contributed by atoms with Gasteiger partial charge in [0.1, 0.15) is 0 Å². The van der Waals surface area contributed by atoms with Crippen LogP contribution in [0.15, 0.2) is 0 Å². The van der Waals surface area contributed by atoms with E-state index in [1.54, 1.807) is 0 Å². The molecule has 0 unspecified atom stereocenters. The van der Waals surface area contributed by atoms with E-state index in [1.165, 1.54) is 0 Å². The van der Waals surface area contributed by atoms with Gasteiger partial charge in [-0.1, -0.05) is 0 Å². The van der Waals surface area contributed by atoms with Crippen molar-refractivity contribution in [2.45, 2.75) is 17.1 Å². The standard InChI is InChI=1S/C3H9AsF2/c1-4(2,3,5)6/h1-3H3. The van der Waals surface area contributed by atoms with E-state index in [0.29, 0.717) is 0 Å². The van der Waals surface area contributed by atoms with Crippen LogP contribution in [0.4, 0.5) is 6.93 Å². The second-order valence-electron chi connectivity index (χ2n) is 2.42. The Morgan fingerprint density at radius 3 is 1.00 bits per heavy atom. The van der Waals surface area contributed by atoms with Gasteiger partial charge in [0.05, 0.1) is 0 Å². The molecule has 6 heavy (non-hydrogen) atoms. The molecule has 0 saturated carbocycles. The molecule has 0 amide bonds. The van der Waals surface area contributed by atoms with E-state index in [2.05, 4.69) is 0 Å². The summed E-state index contributed by atoms with van der Waals surface area (Å²) in [6, 6.07) is 0. The number of rotatable bonds is 0. The zero-order valence-corrected chi connectivity index (χ0v) is 6.08. The molecule has 0 aromatic heterocycles. The molecule has 0 aliphatic carbocycles. The fourth-order valence-electron chi connectivity index (χ4n) is 0. The van der Waals surface area contributed by atoms with Crippen LogP contribution >= 0.6 is 0 Å². The van der Waals surface area contributed by atoms with E-state index in [-0.39, 0.29) is 0 Å². The normalized spacial score (nSPS) is 19.2. The van der Waals surface area contributed by atoms with Crippen molar-refractivity contribution in [3.8, 4) is 0 Å². The molecule has 0 radical (unpaired) electrons. The van der Waals surface area contributed by atoms with Gasteiger partial charge in [0.25, 0.3) is 0 Å². The van der Waals surface area contributed by atoms with Gasteiger partial charge in [0, 0.05) is 0 Å². The summed E-state index contributed by atoms with van der Waals surface area (Å²) < 4.78 is 23.8. The van der Waals surface area contributed by atoms with Crippen molar-refractivity contribution in [3.05, 3.63) is 0 Å². The fraction of sp³-hybridized carbons (Fsp3) is 1.00. The van der Waals surface area contributed by atoms with Crippen LogP contribution in [0.1, 0.15) is 0 Å². The zero-order chi connectivity index (χ0) is 5.45. The summed E-state index contributed by atoms with van der Waals surface area (Å²) >= 11 is -4.49. The molecule has 0 fully saturated rings. The van der Waals surface area contributed by atoms with Crippen molar-refractivity contribution >= 4 is 13.4 Å². The van der Waals surface area contributed by atoms with E-state index in [1.807, 2.05) is 0 Å². The average molecular weight is 158 g/mol. The number of hydrogen-bond donors (Lipinski definition) is 0. The third kappa shape index (κ3) is 295. The molecular formula is C3H9AsF2. The van der Waals surface area contributed by atoms with Crippen molar-refractivity contribution in [2.75, 3.05) is 0 Å². The first-order valence-electron chi connectivity index (χ1n) is 1.68. The van der Waals surface area contributed by atoms with Crippen LogP contribution < -0.4 is 0 Å². The Labute approximate surface area is 38.2 Å². The van der Waals surface area contributed by atoms with E-state index in [0.717, 1.165) is 17.1 Å². The van der Waals surface area contributed by atoms with Crippen molar-refractivity contribution < 1.29 is 6.93 Å². The van der Waals surface area contributed by atoms with Gasteiger partial charge in [-0.3, -0.25) is 0 Å². The first-order valence-corrected chi connectivity index (χ1v) is 8.73. The van der Waals surface area contributed by atoms with Crippen LogP contribution in [0, 0.1) is 0 Å². The van der Waals surface area contributed by atoms with Gasteiger partial charge in [-0.25, -0.2) is 0 Å². The van der Waals surface area contributed by atoms with Crippen molar-refractivity contribution in [2.24, 2.45) is 0 Å². The summed E-state index contributed by atoms with van der Waals surface area (Å²) in [6.45, 7) is 0. The molecule has 0 atom stereocenters. The molecule has 0 aliphatic rings. The molecule has 0 aromatic rings. The van der Waals surface area contributed by atoms with Gasteiger partial charge < -0.3 is 0 Å². The maximum atomic E-state index is 11.9. The molecule has 0 bridgehead atoms. The molecular weight excluding hydrogens is 149 g/mol. The molecule has 40 valence electrons. The predicted octanol–water partition coefficient (Wildman–Crippen LogP) is 2.21. The average Bonchev–Trinajstić information content (AvgIpc) is 0.650. The second kappa shape index (κ2) is 0.975. The minimum atomic E-state index is -4.49. The molecule has 0 nitrogen and oxygen atoms in total. The zero-order valence-electron chi connectivity index (χ0n) is 4.20. The monoisotopic (exact) mass is 158 g/mol. The van der Waals surface area contributed by atoms with Crippen LogP contribution in [0.3, 0.4) is 0 Å². The number of hydrogen-bond acceptors (Lipinski definition) is 0.